The van der Waals surface area contributed by atoms with Crippen molar-refractivity contribution in [2.45, 2.75) is 24.3 Å². The van der Waals surface area contributed by atoms with Gasteiger partial charge in [-0.3, -0.25) is 4.79 Å². The van der Waals surface area contributed by atoms with Gasteiger partial charge in [-0.25, -0.2) is 8.42 Å². The van der Waals surface area contributed by atoms with Crippen LogP contribution in [0, 0.1) is 6.92 Å². The molecule has 1 amide bonds. The maximum Gasteiger partial charge on any atom is 0.244 e. The van der Waals surface area contributed by atoms with E-state index in [1.54, 1.807) is 19.1 Å². The molecule has 0 saturated heterocycles. The van der Waals surface area contributed by atoms with Crippen LogP contribution in [0.25, 0.3) is 0 Å². The number of nitrogens with one attached hydrogen (secondary N) is 2. The Morgan fingerprint density at radius 3 is 2.44 bits per heavy atom. The van der Waals surface area contributed by atoms with Crippen LogP contribution in [-0.4, -0.2) is 34.5 Å². The molecule has 25 heavy (non-hydrogen) atoms. The molecule has 7 heteroatoms. The van der Waals surface area contributed by atoms with Gasteiger partial charge in [0.1, 0.15) is 16.7 Å². The number of hydrogen-bond acceptors (Lipinski definition) is 4. The first-order valence-corrected chi connectivity index (χ1v) is 9.28. The van der Waals surface area contributed by atoms with Crippen LogP contribution in [0.2, 0.25) is 0 Å². The molecule has 0 aromatic heterocycles. The molecular weight excluding hydrogens is 340 g/mol. The summed E-state index contributed by atoms with van der Waals surface area (Å²) in [6, 6.07) is 13.2. The van der Waals surface area contributed by atoms with Crippen molar-refractivity contribution in [2.24, 2.45) is 0 Å². The van der Waals surface area contributed by atoms with Crippen LogP contribution in [0.15, 0.2) is 53.4 Å². The lowest BCUT2D eigenvalue weighted by molar-refractivity contribution is -0.122. The monoisotopic (exact) mass is 362 g/mol. The molecule has 0 fully saturated rings. The van der Waals surface area contributed by atoms with Crippen molar-refractivity contribution in [2.75, 3.05) is 14.2 Å². The summed E-state index contributed by atoms with van der Waals surface area (Å²) in [4.78, 5) is 12.2. The van der Waals surface area contributed by atoms with E-state index in [1.807, 2.05) is 30.3 Å². The third-order valence-electron chi connectivity index (χ3n) is 3.75. The van der Waals surface area contributed by atoms with Crippen LogP contribution in [0.4, 0.5) is 0 Å². The number of carbonyl (C=O) groups excluding carboxylic acids is 1. The van der Waals surface area contributed by atoms with Gasteiger partial charge in [-0.15, -0.1) is 0 Å². The summed E-state index contributed by atoms with van der Waals surface area (Å²) in [6.07, 6.45) is 0.244. The van der Waals surface area contributed by atoms with Crippen molar-refractivity contribution in [3.05, 3.63) is 59.7 Å². The highest BCUT2D eigenvalue weighted by Crippen LogP contribution is 2.25. The molecule has 0 unspecified atom stereocenters. The molecule has 0 radical (unpaired) electrons. The van der Waals surface area contributed by atoms with Gasteiger partial charge >= 0.3 is 0 Å². The third kappa shape index (κ3) is 4.80. The lowest BCUT2D eigenvalue weighted by Gasteiger charge is -2.19. The molecule has 1 atom stereocenters. The molecule has 134 valence electrons. The van der Waals surface area contributed by atoms with E-state index in [4.69, 9.17) is 4.74 Å². The lowest BCUT2D eigenvalue weighted by Crippen LogP contribution is -2.47. The van der Waals surface area contributed by atoms with Gasteiger partial charge in [0.05, 0.1) is 7.11 Å². The van der Waals surface area contributed by atoms with Crippen LogP contribution in [0.3, 0.4) is 0 Å². The molecule has 0 aliphatic heterocycles. The zero-order chi connectivity index (χ0) is 18.4. The summed E-state index contributed by atoms with van der Waals surface area (Å²) >= 11 is 0. The van der Waals surface area contributed by atoms with Crippen LogP contribution in [-0.2, 0) is 21.2 Å². The standard InChI is InChI=1S/C18H22N2O4S/c1-13-9-10-16(24-3)17(11-13)25(22,23)20-15(18(21)19-2)12-14-7-5-4-6-8-14/h4-11,15,20H,12H2,1-3H3,(H,19,21)/t15-/m1/s1. The van der Waals surface area contributed by atoms with E-state index in [2.05, 4.69) is 10.0 Å². The summed E-state index contributed by atoms with van der Waals surface area (Å²) in [6.45, 7) is 1.79. The van der Waals surface area contributed by atoms with Crippen molar-refractivity contribution in [3.63, 3.8) is 0 Å². The molecule has 0 heterocycles. The Morgan fingerprint density at radius 2 is 1.84 bits per heavy atom. The Kier molecular flexibility index (Phi) is 6.17. The van der Waals surface area contributed by atoms with Crippen LogP contribution in [0.1, 0.15) is 11.1 Å². The van der Waals surface area contributed by atoms with E-state index in [1.165, 1.54) is 20.2 Å². The van der Waals surface area contributed by atoms with Gasteiger partial charge in [-0.1, -0.05) is 36.4 Å². The number of aryl methyl sites for hydroxylation is 1. The molecule has 0 aliphatic rings. The number of ether oxygens (including phenoxy) is 1. The molecule has 2 N–H and O–H groups in total. The van der Waals surface area contributed by atoms with Crippen molar-refractivity contribution in [1.29, 1.82) is 0 Å². The smallest absolute Gasteiger partial charge is 0.244 e. The van der Waals surface area contributed by atoms with E-state index in [0.717, 1.165) is 11.1 Å². The Hall–Kier alpha value is -2.38. The predicted octanol–water partition coefficient (Wildman–Crippen LogP) is 1.64. The number of amides is 1. The van der Waals surface area contributed by atoms with E-state index in [-0.39, 0.29) is 17.1 Å². The number of carbonyl (C=O) groups is 1. The summed E-state index contributed by atoms with van der Waals surface area (Å²) in [5, 5.41) is 2.50. The number of sulfonamides is 1. The number of rotatable bonds is 7. The van der Waals surface area contributed by atoms with Gasteiger partial charge in [0, 0.05) is 7.05 Å². The van der Waals surface area contributed by atoms with Crippen LogP contribution in [0.5, 0.6) is 5.75 Å². The highest BCUT2D eigenvalue weighted by atomic mass is 32.2. The second-order valence-electron chi connectivity index (χ2n) is 5.63. The van der Waals surface area contributed by atoms with E-state index >= 15 is 0 Å². The minimum atomic E-state index is -3.94. The van der Waals surface area contributed by atoms with Crippen molar-refractivity contribution in [1.82, 2.24) is 10.0 Å². The minimum absolute atomic E-state index is 0.0111. The molecule has 2 aromatic carbocycles. The van der Waals surface area contributed by atoms with Gasteiger partial charge in [0.25, 0.3) is 0 Å². The minimum Gasteiger partial charge on any atom is -0.495 e. The Labute approximate surface area is 148 Å². The zero-order valence-electron chi connectivity index (χ0n) is 14.4. The SMILES string of the molecule is CNC(=O)[C@@H](Cc1ccccc1)NS(=O)(=O)c1cc(C)ccc1OC. The molecule has 6 nitrogen and oxygen atoms in total. The first kappa shape index (κ1) is 19.0. The number of hydrogen-bond donors (Lipinski definition) is 2. The summed E-state index contributed by atoms with van der Waals surface area (Å²) in [5.41, 5.74) is 1.63. The van der Waals surface area contributed by atoms with E-state index < -0.39 is 22.0 Å². The van der Waals surface area contributed by atoms with Crippen molar-refractivity contribution < 1.29 is 17.9 Å². The van der Waals surface area contributed by atoms with Gasteiger partial charge in [0.15, 0.2) is 0 Å². The second-order valence-corrected chi connectivity index (χ2v) is 7.31. The summed E-state index contributed by atoms with van der Waals surface area (Å²) in [7, 11) is -1.06. The fraction of sp³-hybridized carbons (Fsp3) is 0.278. The van der Waals surface area contributed by atoms with Gasteiger partial charge in [0.2, 0.25) is 15.9 Å². The maximum atomic E-state index is 12.8. The normalized spacial score (nSPS) is 12.4. The summed E-state index contributed by atoms with van der Waals surface area (Å²) < 4.78 is 33.3. The molecule has 0 saturated carbocycles. The van der Waals surface area contributed by atoms with Gasteiger partial charge in [-0.05, 0) is 36.6 Å². The topological polar surface area (TPSA) is 84.5 Å². The van der Waals surface area contributed by atoms with E-state index in [0.29, 0.717) is 0 Å². The fourth-order valence-electron chi connectivity index (χ4n) is 2.46. The molecule has 0 spiro atoms. The molecule has 2 rings (SSSR count). The zero-order valence-corrected chi connectivity index (χ0v) is 15.3. The molecule has 0 bridgehead atoms. The van der Waals surface area contributed by atoms with Crippen LogP contribution < -0.4 is 14.8 Å². The quantitative estimate of drug-likeness (QED) is 0.784. The number of methoxy groups -OCH3 is 1. The highest BCUT2D eigenvalue weighted by Gasteiger charge is 2.27. The average molecular weight is 362 g/mol. The first-order valence-electron chi connectivity index (χ1n) is 7.80. The molecule has 0 aliphatic carbocycles. The van der Waals surface area contributed by atoms with Gasteiger partial charge in [-0.2, -0.15) is 4.72 Å². The van der Waals surface area contributed by atoms with Crippen LogP contribution >= 0.6 is 0 Å². The Morgan fingerprint density at radius 1 is 1.16 bits per heavy atom. The third-order valence-corrected chi connectivity index (χ3v) is 5.24. The number of likely N-dealkylation sites (N-methyl/N-ethyl adjacent to an activating group) is 1. The predicted molar refractivity (Wildman–Crippen MR) is 96.1 cm³/mol. The molecule has 2 aromatic rings. The maximum absolute atomic E-state index is 12.8. The Bertz CT molecular complexity index is 835. The summed E-state index contributed by atoms with van der Waals surface area (Å²) in [5.74, 6) is -0.174. The fourth-order valence-corrected chi connectivity index (χ4v) is 3.91. The lowest BCUT2D eigenvalue weighted by atomic mass is 10.1. The largest absolute Gasteiger partial charge is 0.495 e. The van der Waals surface area contributed by atoms with E-state index in [9.17, 15) is 13.2 Å². The number of benzene rings is 2. The average Bonchev–Trinajstić information content (AvgIpc) is 2.61. The van der Waals surface area contributed by atoms with Crippen molar-refractivity contribution >= 4 is 15.9 Å². The first-order chi connectivity index (χ1) is 11.9. The Balaban J connectivity index is 2.34. The molecular formula is C18H22N2O4S. The van der Waals surface area contributed by atoms with Gasteiger partial charge < -0.3 is 10.1 Å². The second kappa shape index (κ2) is 8.13. The van der Waals surface area contributed by atoms with Crippen molar-refractivity contribution in [3.8, 4) is 5.75 Å². The highest BCUT2D eigenvalue weighted by molar-refractivity contribution is 7.89.